The van der Waals surface area contributed by atoms with Gasteiger partial charge in [0, 0.05) is 17.3 Å². The van der Waals surface area contributed by atoms with Crippen molar-refractivity contribution < 1.29 is 9.53 Å². The number of aromatic nitrogens is 5. The summed E-state index contributed by atoms with van der Waals surface area (Å²) < 4.78 is 6.98. The molecule has 8 nitrogen and oxygen atoms in total. The van der Waals surface area contributed by atoms with Gasteiger partial charge in [0.05, 0.1) is 17.0 Å². The maximum Gasteiger partial charge on any atom is 0.341 e. The highest BCUT2D eigenvalue weighted by Crippen LogP contribution is 2.21. The molecule has 0 radical (unpaired) electrons. The number of esters is 1. The fourth-order valence-electron chi connectivity index (χ4n) is 2.63. The van der Waals surface area contributed by atoms with Crippen molar-refractivity contribution in [3.05, 3.63) is 65.2 Å². The zero-order valence-electron chi connectivity index (χ0n) is 14.5. The number of anilines is 2. The summed E-state index contributed by atoms with van der Waals surface area (Å²) in [5.74, 6) is 0.00171. The van der Waals surface area contributed by atoms with Crippen LogP contribution in [0.1, 0.15) is 28.7 Å². The number of thiazole rings is 1. The molecule has 3 heterocycles. The summed E-state index contributed by atoms with van der Waals surface area (Å²) in [6.07, 6.45) is 3.50. The first-order valence-electron chi connectivity index (χ1n) is 8.36. The number of para-hydroxylation sites is 1. The molecule has 0 fully saturated rings. The van der Waals surface area contributed by atoms with E-state index in [1.165, 1.54) is 23.9 Å². The fraction of sp³-hybridized carbons (Fsp3) is 0.167. The van der Waals surface area contributed by atoms with E-state index in [4.69, 9.17) is 4.74 Å². The van der Waals surface area contributed by atoms with E-state index in [0.29, 0.717) is 29.1 Å². The summed E-state index contributed by atoms with van der Waals surface area (Å²) in [6.45, 7) is 2.03. The Morgan fingerprint density at radius 3 is 2.93 bits per heavy atom. The number of benzene rings is 1. The average molecular weight is 380 g/mol. The van der Waals surface area contributed by atoms with Crippen LogP contribution in [-0.2, 0) is 17.8 Å². The SMILES string of the molecule is CCc1c(C(=O)OCc2csc(Nc3ccccc3)n2)cnc2ncnn12. The average Bonchev–Trinajstić information content (AvgIpc) is 3.35. The number of carbonyl (C=O) groups is 1. The van der Waals surface area contributed by atoms with Crippen LogP contribution >= 0.6 is 11.3 Å². The first-order valence-corrected chi connectivity index (χ1v) is 9.23. The van der Waals surface area contributed by atoms with Crippen LogP contribution in [0.2, 0.25) is 0 Å². The summed E-state index contributed by atoms with van der Waals surface area (Å²) in [5.41, 5.74) is 2.73. The number of nitrogens with one attached hydrogen (secondary N) is 1. The maximum absolute atomic E-state index is 12.5. The summed E-state index contributed by atoms with van der Waals surface area (Å²) in [7, 11) is 0. The minimum Gasteiger partial charge on any atom is -0.455 e. The molecule has 0 saturated heterocycles. The molecule has 9 heteroatoms. The number of hydrogen-bond acceptors (Lipinski definition) is 8. The predicted octanol–water partition coefficient (Wildman–Crippen LogP) is 3.24. The number of aryl methyl sites for hydroxylation is 1. The van der Waals surface area contributed by atoms with Crippen molar-refractivity contribution in [1.29, 1.82) is 0 Å². The van der Waals surface area contributed by atoms with Gasteiger partial charge in [-0.1, -0.05) is 25.1 Å². The van der Waals surface area contributed by atoms with Crippen molar-refractivity contribution in [3.63, 3.8) is 0 Å². The van der Waals surface area contributed by atoms with E-state index in [9.17, 15) is 4.79 Å². The third-order valence-electron chi connectivity index (χ3n) is 3.89. The number of carbonyl (C=O) groups excluding carboxylic acids is 1. The molecular weight excluding hydrogens is 364 g/mol. The zero-order chi connectivity index (χ0) is 18.6. The normalized spacial score (nSPS) is 10.9. The molecule has 4 rings (SSSR count). The Bertz CT molecular complexity index is 1080. The molecule has 0 atom stereocenters. The van der Waals surface area contributed by atoms with Crippen LogP contribution in [0, 0.1) is 0 Å². The van der Waals surface area contributed by atoms with Crippen LogP contribution in [0.5, 0.6) is 0 Å². The molecule has 0 bridgehead atoms. The maximum atomic E-state index is 12.5. The van der Waals surface area contributed by atoms with E-state index in [1.54, 1.807) is 4.52 Å². The molecule has 4 aromatic rings. The predicted molar refractivity (Wildman–Crippen MR) is 101 cm³/mol. The van der Waals surface area contributed by atoms with Gasteiger partial charge >= 0.3 is 5.97 Å². The molecule has 0 spiro atoms. The third-order valence-corrected chi connectivity index (χ3v) is 4.69. The number of fused-ring (bicyclic) bond motifs is 1. The minimum absolute atomic E-state index is 0.0877. The molecule has 0 aliphatic heterocycles. The van der Waals surface area contributed by atoms with Crippen LogP contribution in [-0.4, -0.2) is 30.5 Å². The highest BCUT2D eigenvalue weighted by molar-refractivity contribution is 7.13. The molecule has 0 unspecified atom stereocenters. The summed E-state index contributed by atoms with van der Waals surface area (Å²) in [5, 5.41) is 9.93. The van der Waals surface area contributed by atoms with Gasteiger partial charge in [-0.05, 0) is 18.6 Å². The van der Waals surface area contributed by atoms with E-state index in [2.05, 4.69) is 25.4 Å². The topological polar surface area (TPSA) is 94.3 Å². The van der Waals surface area contributed by atoms with Crippen LogP contribution in [0.25, 0.3) is 5.78 Å². The summed E-state index contributed by atoms with van der Waals surface area (Å²) >= 11 is 1.45. The lowest BCUT2D eigenvalue weighted by atomic mass is 10.2. The zero-order valence-corrected chi connectivity index (χ0v) is 15.3. The largest absolute Gasteiger partial charge is 0.455 e. The second-order valence-electron chi connectivity index (χ2n) is 5.66. The molecule has 1 N–H and O–H groups in total. The van der Waals surface area contributed by atoms with Gasteiger partial charge < -0.3 is 10.1 Å². The highest BCUT2D eigenvalue weighted by Gasteiger charge is 2.17. The Hall–Kier alpha value is -3.33. The first kappa shape index (κ1) is 17.1. The Balaban J connectivity index is 1.44. The van der Waals surface area contributed by atoms with Crippen molar-refractivity contribution in [2.45, 2.75) is 20.0 Å². The van der Waals surface area contributed by atoms with E-state index in [0.717, 1.165) is 10.8 Å². The van der Waals surface area contributed by atoms with Crippen molar-refractivity contribution in [2.24, 2.45) is 0 Å². The quantitative estimate of drug-likeness (QED) is 0.513. The van der Waals surface area contributed by atoms with E-state index in [-0.39, 0.29) is 6.61 Å². The molecule has 27 heavy (non-hydrogen) atoms. The van der Waals surface area contributed by atoms with Gasteiger partial charge in [0.25, 0.3) is 5.78 Å². The van der Waals surface area contributed by atoms with Crippen LogP contribution < -0.4 is 5.32 Å². The van der Waals surface area contributed by atoms with Crippen molar-refractivity contribution in [3.8, 4) is 0 Å². The lowest BCUT2D eigenvalue weighted by Gasteiger charge is -2.08. The Morgan fingerprint density at radius 2 is 2.11 bits per heavy atom. The lowest BCUT2D eigenvalue weighted by Crippen LogP contribution is -2.13. The first-order chi connectivity index (χ1) is 13.2. The van der Waals surface area contributed by atoms with Gasteiger partial charge in [-0.15, -0.1) is 11.3 Å². The van der Waals surface area contributed by atoms with Gasteiger partial charge in [0.2, 0.25) is 0 Å². The van der Waals surface area contributed by atoms with Crippen molar-refractivity contribution >= 4 is 33.9 Å². The monoisotopic (exact) mass is 380 g/mol. The second kappa shape index (κ2) is 7.50. The van der Waals surface area contributed by atoms with Crippen molar-refractivity contribution in [2.75, 3.05) is 5.32 Å². The van der Waals surface area contributed by atoms with Gasteiger partial charge in [-0.3, -0.25) is 0 Å². The van der Waals surface area contributed by atoms with Gasteiger partial charge in [0.1, 0.15) is 12.9 Å². The molecule has 3 aromatic heterocycles. The molecule has 0 amide bonds. The number of ether oxygens (including phenoxy) is 1. The second-order valence-corrected chi connectivity index (χ2v) is 6.51. The Morgan fingerprint density at radius 1 is 1.26 bits per heavy atom. The standard InChI is InChI=1S/C18H16N6O2S/c1-2-15-14(8-19-17-20-11-21-24(15)17)16(25)26-9-13-10-27-18(23-13)22-12-6-4-3-5-7-12/h3-8,10-11H,2,9H2,1H3,(H,22,23). The molecular formula is C18H16N6O2S. The third kappa shape index (κ3) is 3.63. The van der Waals surface area contributed by atoms with Gasteiger partial charge in [-0.25, -0.2) is 19.3 Å². The molecule has 0 aliphatic rings. The molecule has 136 valence electrons. The fourth-order valence-corrected chi connectivity index (χ4v) is 3.34. The van der Waals surface area contributed by atoms with Crippen LogP contribution in [0.4, 0.5) is 10.8 Å². The number of hydrogen-bond donors (Lipinski definition) is 1. The Labute approximate surface area is 158 Å². The van der Waals surface area contributed by atoms with Gasteiger partial charge in [0.15, 0.2) is 5.13 Å². The number of rotatable bonds is 6. The van der Waals surface area contributed by atoms with E-state index >= 15 is 0 Å². The van der Waals surface area contributed by atoms with E-state index < -0.39 is 5.97 Å². The minimum atomic E-state index is -0.456. The highest BCUT2D eigenvalue weighted by atomic mass is 32.1. The molecule has 0 saturated carbocycles. The Kier molecular flexibility index (Phi) is 4.75. The summed E-state index contributed by atoms with van der Waals surface area (Å²) in [4.78, 5) is 25.1. The van der Waals surface area contributed by atoms with E-state index in [1.807, 2.05) is 42.6 Å². The van der Waals surface area contributed by atoms with Crippen LogP contribution in [0.15, 0.2) is 48.2 Å². The lowest BCUT2D eigenvalue weighted by molar-refractivity contribution is 0.0466. The van der Waals surface area contributed by atoms with Crippen molar-refractivity contribution in [1.82, 2.24) is 24.6 Å². The smallest absolute Gasteiger partial charge is 0.341 e. The molecule has 1 aromatic carbocycles. The number of nitrogens with zero attached hydrogens (tertiary/aromatic N) is 5. The summed E-state index contributed by atoms with van der Waals surface area (Å²) in [6, 6.07) is 9.77. The molecule has 0 aliphatic carbocycles. The van der Waals surface area contributed by atoms with Gasteiger partial charge in [-0.2, -0.15) is 10.1 Å². The van der Waals surface area contributed by atoms with Crippen LogP contribution in [0.3, 0.4) is 0 Å².